The minimum Gasteiger partial charge on any atom is -0.480 e. The number of aryl methyl sites for hydroxylation is 1. The average molecular weight is 275 g/mol. The van der Waals surface area contributed by atoms with E-state index in [0.29, 0.717) is 18.5 Å². The number of nitrogens with one attached hydrogen (secondary N) is 1. The number of amides is 1. The Labute approximate surface area is 116 Å². The topological polar surface area (TPSA) is 83.7 Å². The molecule has 2 rings (SSSR count). The quantitative estimate of drug-likeness (QED) is 0.868. The molecule has 0 saturated heterocycles. The van der Waals surface area contributed by atoms with E-state index in [9.17, 15) is 9.59 Å². The van der Waals surface area contributed by atoms with Crippen LogP contribution in [0.1, 0.15) is 35.8 Å². The van der Waals surface area contributed by atoms with Gasteiger partial charge in [0.1, 0.15) is 17.4 Å². The highest BCUT2D eigenvalue weighted by molar-refractivity contribution is 5.95. The van der Waals surface area contributed by atoms with Crippen LogP contribution >= 0.6 is 0 Å². The number of carboxylic acid groups (broad SMARTS) is 1. The maximum absolute atomic E-state index is 12.1. The first-order valence-corrected chi connectivity index (χ1v) is 6.51. The highest BCUT2D eigenvalue weighted by Crippen LogP contribution is 2.10. The molecule has 0 fully saturated rings. The third-order valence-electron chi connectivity index (χ3n) is 3.09. The number of aliphatic carboxylic acids is 1. The lowest BCUT2D eigenvalue weighted by atomic mass is 10.1. The van der Waals surface area contributed by atoms with Crippen molar-refractivity contribution in [2.45, 2.75) is 32.7 Å². The molecule has 0 bridgehead atoms. The van der Waals surface area contributed by atoms with E-state index in [2.05, 4.69) is 10.3 Å². The van der Waals surface area contributed by atoms with Gasteiger partial charge in [0, 0.05) is 12.4 Å². The summed E-state index contributed by atoms with van der Waals surface area (Å²) in [5, 5.41) is 11.5. The summed E-state index contributed by atoms with van der Waals surface area (Å²) in [7, 11) is 0. The fourth-order valence-electron chi connectivity index (χ4n) is 2.04. The van der Waals surface area contributed by atoms with Crippen molar-refractivity contribution in [2.24, 2.45) is 0 Å². The fourth-order valence-corrected chi connectivity index (χ4v) is 2.04. The first kappa shape index (κ1) is 14.0. The highest BCUT2D eigenvalue weighted by atomic mass is 16.4. The monoisotopic (exact) mass is 275 g/mol. The molecule has 1 unspecified atom stereocenters. The van der Waals surface area contributed by atoms with Crippen LogP contribution in [-0.2, 0) is 4.79 Å². The second kappa shape index (κ2) is 5.73. The zero-order valence-electron chi connectivity index (χ0n) is 11.5. The molecule has 0 aliphatic heterocycles. The van der Waals surface area contributed by atoms with Gasteiger partial charge < -0.3 is 14.8 Å². The molecule has 0 aromatic carbocycles. The maximum Gasteiger partial charge on any atom is 0.326 e. The second-order valence-electron chi connectivity index (χ2n) is 4.70. The Morgan fingerprint density at radius 1 is 1.50 bits per heavy atom. The number of carbonyl (C=O) groups excluding carboxylic acids is 1. The second-order valence-corrected chi connectivity index (χ2v) is 4.70. The number of carbonyl (C=O) groups is 2. The molecule has 6 nitrogen and oxygen atoms in total. The van der Waals surface area contributed by atoms with Gasteiger partial charge >= 0.3 is 5.97 Å². The van der Waals surface area contributed by atoms with Crippen LogP contribution in [0, 0.1) is 6.92 Å². The van der Waals surface area contributed by atoms with E-state index in [1.807, 2.05) is 26.0 Å². The lowest BCUT2D eigenvalue weighted by molar-refractivity contribution is -0.139. The van der Waals surface area contributed by atoms with Gasteiger partial charge in [-0.1, -0.05) is 19.4 Å². The highest BCUT2D eigenvalue weighted by Gasteiger charge is 2.21. The Morgan fingerprint density at radius 2 is 2.25 bits per heavy atom. The van der Waals surface area contributed by atoms with Crippen LogP contribution in [0.2, 0.25) is 0 Å². The largest absolute Gasteiger partial charge is 0.480 e. The normalized spacial score (nSPS) is 12.3. The summed E-state index contributed by atoms with van der Waals surface area (Å²) < 4.78 is 1.75. The third kappa shape index (κ3) is 2.79. The van der Waals surface area contributed by atoms with Crippen LogP contribution in [0.4, 0.5) is 0 Å². The van der Waals surface area contributed by atoms with Crippen molar-refractivity contribution in [1.29, 1.82) is 0 Å². The summed E-state index contributed by atoms with van der Waals surface area (Å²) in [5.74, 6) is -1.49. The predicted molar refractivity (Wildman–Crippen MR) is 73.7 cm³/mol. The Kier molecular flexibility index (Phi) is 4.02. The van der Waals surface area contributed by atoms with Gasteiger partial charge in [-0.2, -0.15) is 0 Å². The number of aromatic nitrogens is 2. The molecule has 2 heterocycles. The molecule has 0 aliphatic carbocycles. The molecule has 0 saturated carbocycles. The summed E-state index contributed by atoms with van der Waals surface area (Å²) in [4.78, 5) is 27.3. The number of fused-ring (bicyclic) bond motifs is 1. The summed E-state index contributed by atoms with van der Waals surface area (Å²) in [5.41, 5.74) is 1.87. The molecule has 0 spiro atoms. The summed E-state index contributed by atoms with van der Waals surface area (Å²) in [6.07, 6.45) is 4.48. The minimum absolute atomic E-state index is 0.224. The average Bonchev–Trinajstić information content (AvgIpc) is 2.83. The molecule has 2 aromatic heterocycles. The van der Waals surface area contributed by atoms with Crippen LogP contribution < -0.4 is 5.32 Å². The van der Waals surface area contributed by atoms with Crippen molar-refractivity contribution >= 4 is 17.5 Å². The molecule has 0 aliphatic rings. The fraction of sp³-hybridized carbons (Fsp3) is 0.357. The first-order chi connectivity index (χ1) is 9.52. The minimum atomic E-state index is -1.03. The van der Waals surface area contributed by atoms with E-state index in [0.717, 1.165) is 5.56 Å². The lowest BCUT2D eigenvalue weighted by Gasteiger charge is -2.12. The zero-order valence-corrected chi connectivity index (χ0v) is 11.5. The molecule has 2 aromatic rings. The van der Waals surface area contributed by atoms with E-state index in [1.165, 1.54) is 0 Å². The Morgan fingerprint density at radius 3 is 2.85 bits per heavy atom. The van der Waals surface area contributed by atoms with Crippen LogP contribution in [0.5, 0.6) is 0 Å². The van der Waals surface area contributed by atoms with Crippen molar-refractivity contribution in [2.75, 3.05) is 0 Å². The zero-order chi connectivity index (χ0) is 14.7. The maximum atomic E-state index is 12.1. The standard InChI is InChI=1S/C14H17N3O3/c1-3-5-10(14(19)20)16-13(18)11-8-17-7-4-6-9(2)12(17)15-11/h4,6-8,10H,3,5H2,1-2H3,(H,16,18)(H,19,20). The molecule has 106 valence electrons. The Hall–Kier alpha value is -2.37. The number of pyridine rings is 1. The number of imidazole rings is 1. The number of carboxylic acids is 1. The van der Waals surface area contributed by atoms with Crippen molar-refractivity contribution in [3.05, 3.63) is 35.8 Å². The molecule has 2 N–H and O–H groups in total. The molecule has 0 radical (unpaired) electrons. The predicted octanol–water partition coefficient (Wildman–Crippen LogP) is 1.63. The smallest absolute Gasteiger partial charge is 0.326 e. The van der Waals surface area contributed by atoms with E-state index in [-0.39, 0.29) is 5.69 Å². The van der Waals surface area contributed by atoms with E-state index in [4.69, 9.17) is 5.11 Å². The van der Waals surface area contributed by atoms with Gasteiger partial charge in [-0.25, -0.2) is 9.78 Å². The molecule has 1 amide bonds. The molecular formula is C14H17N3O3. The number of hydrogen-bond donors (Lipinski definition) is 2. The number of hydrogen-bond acceptors (Lipinski definition) is 3. The third-order valence-corrected chi connectivity index (χ3v) is 3.09. The summed E-state index contributed by atoms with van der Waals surface area (Å²) >= 11 is 0. The van der Waals surface area contributed by atoms with Crippen molar-refractivity contribution in [3.63, 3.8) is 0 Å². The van der Waals surface area contributed by atoms with Gasteiger partial charge in [0.2, 0.25) is 0 Å². The lowest BCUT2D eigenvalue weighted by Crippen LogP contribution is -2.40. The Balaban J connectivity index is 2.22. The first-order valence-electron chi connectivity index (χ1n) is 6.51. The van der Waals surface area contributed by atoms with Crippen LogP contribution in [0.25, 0.3) is 5.65 Å². The molecular weight excluding hydrogens is 258 g/mol. The molecule has 6 heteroatoms. The van der Waals surface area contributed by atoms with Gasteiger partial charge in [-0.3, -0.25) is 4.79 Å². The number of rotatable bonds is 5. The summed E-state index contributed by atoms with van der Waals surface area (Å²) in [6, 6.07) is 2.89. The van der Waals surface area contributed by atoms with Crippen LogP contribution in [-0.4, -0.2) is 32.4 Å². The molecule has 20 heavy (non-hydrogen) atoms. The van der Waals surface area contributed by atoms with E-state index < -0.39 is 17.9 Å². The van der Waals surface area contributed by atoms with Gasteiger partial charge in [0.05, 0.1) is 0 Å². The SMILES string of the molecule is CCCC(NC(=O)c1cn2cccc(C)c2n1)C(=O)O. The number of nitrogens with zero attached hydrogens (tertiary/aromatic N) is 2. The van der Waals surface area contributed by atoms with Crippen molar-refractivity contribution in [3.8, 4) is 0 Å². The van der Waals surface area contributed by atoms with E-state index >= 15 is 0 Å². The van der Waals surface area contributed by atoms with Crippen molar-refractivity contribution < 1.29 is 14.7 Å². The molecule has 1 atom stereocenters. The van der Waals surface area contributed by atoms with Crippen LogP contribution in [0.15, 0.2) is 24.5 Å². The van der Waals surface area contributed by atoms with Gasteiger partial charge in [0.15, 0.2) is 0 Å². The van der Waals surface area contributed by atoms with Crippen molar-refractivity contribution in [1.82, 2.24) is 14.7 Å². The summed E-state index contributed by atoms with van der Waals surface area (Å²) in [6.45, 7) is 3.78. The van der Waals surface area contributed by atoms with Gasteiger partial charge in [-0.05, 0) is 25.0 Å². The van der Waals surface area contributed by atoms with Gasteiger partial charge in [-0.15, -0.1) is 0 Å². The van der Waals surface area contributed by atoms with Crippen LogP contribution in [0.3, 0.4) is 0 Å². The van der Waals surface area contributed by atoms with E-state index in [1.54, 1.807) is 16.8 Å². The van der Waals surface area contributed by atoms with Gasteiger partial charge in [0.25, 0.3) is 5.91 Å². The Bertz CT molecular complexity index is 648.